The average Bonchev–Trinajstić information content (AvgIpc) is 2.76. The minimum absolute atomic E-state index is 0.243. The van der Waals surface area contributed by atoms with E-state index in [4.69, 9.17) is 9.47 Å². The van der Waals surface area contributed by atoms with Crippen LogP contribution in [0.15, 0.2) is 60.7 Å². The van der Waals surface area contributed by atoms with Gasteiger partial charge in [0.15, 0.2) is 11.6 Å². The molecule has 30 heavy (non-hydrogen) atoms. The lowest BCUT2D eigenvalue weighted by atomic mass is 10.3. The Labute approximate surface area is 174 Å². The summed E-state index contributed by atoms with van der Waals surface area (Å²) in [5.41, 5.74) is 2.79. The maximum absolute atomic E-state index is 5.60. The first-order chi connectivity index (χ1) is 14.8. The summed E-state index contributed by atoms with van der Waals surface area (Å²) in [5, 5.41) is 6.60. The highest BCUT2D eigenvalue weighted by Gasteiger charge is 2.18. The standard InChI is InChI=1S/C22H22N6O2/c1-3-29-21-25-17-18(19(27-21)23-15-11-7-5-8-12-15)26-22(30-4-2)28-20(17)24-16-13-9-6-10-14-16/h5-14H,3-4H2,1-2H3,(H,23,25,27)(H,24,26,28). The molecule has 2 aromatic heterocycles. The molecule has 0 unspecified atom stereocenters. The number of hydrogen-bond acceptors (Lipinski definition) is 8. The Bertz CT molecular complexity index is 1030. The van der Waals surface area contributed by atoms with Gasteiger partial charge < -0.3 is 20.1 Å². The van der Waals surface area contributed by atoms with E-state index in [2.05, 4.69) is 30.6 Å². The van der Waals surface area contributed by atoms with Gasteiger partial charge in [0.05, 0.1) is 13.2 Å². The van der Waals surface area contributed by atoms with Crippen LogP contribution in [0.2, 0.25) is 0 Å². The van der Waals surface area contributed by atoms with Gasteiger partial charge in [-0.2, -0.15) is 19.9 Å². The number of rotatable bonds is 8. The number of fused-ring (bicyclic) bond motifs is 1. The molecule has 0 amide bonds. The summed E-state index contributed by atoms with van der Waals surface area (Å²) in [6.07, 6.45) is 0. The second-order valence-corrected chi connectivity index (χ2v) is 6.25. The maximum Gasteiger partial charge on any atom is 0.319 e. The zero-order valence-corrected chi connectivity index (χ0v) is 16.8. The molecule has 4 aromatic rings. The molecule has 0 radical (unpaired) electrons. The minimum atomic E-state index is 0.243. The molecule has 0 aliphatic heterocycles. The maximum atomic E-state index is 5.60. The molecule has 2 N–H and O–H groups in total. The highest BCUT2D eigenvalue weighted by Crippen LogP contribution is 2.31. The molecule has 8 nitrogen and oxygen atoms in total. The summed E-state index contributed by atoms with van der Waals surface area (Å²) in [4.78, 5) is 18.1. The van der Waals surface area contributed by atoms with Gasteiger partial charge in [0.1, 0.15) is 11.0 Å². The quantitative estimate of drug-likeness (QED) is 0.438. The zero-order valence-electron chi connectivity index (χ0n) is 16.8. The second kappa shape index (κ2) is 9.04. The Morgan fingerprint density at radius 2 is 1.00 bits per heavy atom. The molecule has 0 aliphatic carbocycles. The normalized spacial score (nSPS) is 10.6. The Kier molecular flexibility index (Phi) is 5.84. The molecule has 2 aromatic carbocycles. The van der Waals surface area contributed by atoms with Crippen LogP contribution in [-0.2, 0) is 0 Å². The summed E-state index contributed by atoms with van der Waals surface area (Å²) < 4.78 is 11.2. The average molecular weight is 402 g/mol. The molecule has 0 atom stereocenters. The van der Waals surface area contributed by atoms with E-state index in [0.29, 0.717) is 35.9 Å². The van der Waals surface area contributed by atoms with Gasteiger partial charge in [-0.3, -0.25) is 0 Å². The van der Waals surface area contributed by atoms with Crippen molar-refractivity contribution in [2.24, 2.45) is 0 Å². The van der Waals surface area contributed by atoms with Gasteiger partial charge >= 0.3 is 12.0 Å². The highest BCUT2D eigenvalue weighted by molar-refractivity contribution is 5.95. The summed E-state index contributed by atoms with van der Waals surface area (Å²) >= 11 is 0. The van der Waals surface area contributed by atoms with E-state index >= 15 is 0 Å². The van der Waals surface area contributed by atoms with Crippen molar-refractivity contribution in [1.29, 1.82) is 0 Å². The van der Waals surface area contributed by atoms with Gasteiger partial charge in [-0.25, -0.2) is 0 Å². The number of anilines is 4. The molecular weight excluding hydrogens is 380 g/mol. The lowest BCUT2D eigenvalue weighted by Gasteiger charge is -2.14. The monoisotopic (exact) mass is 402 g/mol. The van der Waals surface area contributed by atoms with Crippen molar-refractivity contribution in [2.75, 3.05) is 23.8 Å². The number of nitrogens with one attached hydrogen (secondary N) is 2. The van der Waals surface area contributed by atoms with Crippen LogP contribution < -0.4 is 20.1 Å². The third-order valence-corrected chi connectivity index (χ3v) is 4.12. The SMILES string of the molecule is CCOc1nc(Nc2ccccc2)c2nc(OCC)nc(Nc3ccccc3)c2n1. The third-order valence-electron chi connectivity index (χ3n) is 4.12. The van der Waals surface area contributed by atoms with Crippen LogP contribution in [0.25, 0.3) is 11.0 Å². The van der Waals surface area contributed by atoms with Crippen molar-refractivity contribution >= 4 is 34.0 Å². The minimum Gasteiger partial charge on any atom is -0.464 e. The number of benzene rings is 2. The predicted molar refractivity (Wildman–Crippen MR) is 117 cm³/mol. The van der Waals surface area contributed by atoms with Gasteiger partial charge in [-0.1, -0.05) is 36.4 Å². The van der Waals surface area contributed by atoms with Crippen molar-refractivity contribution in [3.05, 3.63) is 60.7 Å². The summed E-state index contributed by atoms with van der Waals surface area (Å²) in [5.74, 6) is 1.02. The highest BCUT2D eigenvalue weighted by atomic mass is 16.5. The first kappa shape index (κ1) is 19.4. The van der Waals surface area contributed by atoms with Gasteiger partial charge in [0.25, 0.3) is 0 Å². The van der Waals surface area contributed by atoms with E-state index in [0.717, 1.165) is 11.4 Å². The van der Waals surface area contributed by atoms with Crippen LogP contribution in [0, 0.1) is 0 Å². The molecule has 0 bridgehead atoms. The molecule has 0 saturated carbocycles. The van der Waals surface area contributed by atoms with E-state index in [1.54, 1.807) is 0 Å². The molecular formula is C22H22N6O2. The van der Waals surface area contributed by atoms with Gasteiger partial charge in [-0.05, 0) is 38.1 Å². The van der Waals surface area contributed by atoms with Gasteiger partial charge in [-0.15, -0.1) is 0 Å². The van der Waals surface area contributed by atoms with E-state index in [1.165, 1.54) is 0 Å². The lowest BCUT2D eigenvalue weighted by Crippen LogP contribution is -2.08. The van der Waals surface area contributed by atoms with Crippen molar-refractivity contribution in [2.45, 2.75) is 13.8 Å². The Morgan fingerprint density at radius 1 is 0.600 bits per heavy atom. The Hall–Kier alpha value is -3.94. The molecule has 0 fully saturated rings. The number of hydrogen-bond donors (Lipinski definition) is 2. The van der Waals surface area contributed by atoms with Crippen LogP contribution in [0.5, 0.6) is 12.0 Å². The van der Waals surface area contributed by atoms with Crippen LogP contribution in [0.1, 0.15) is 13.8 Å². The zero-order chi connectivity index (χ0) is 20.8. The van der Waals surface area contributed by atoms with Crippen molar-refractivity contribution in [3.8, 4) is 12.0 Å². The third kappa shape index (κ3) is 4.38. The van der Waals surface area contributed by atoms with Crippen LogP contribution in [0.4, 0.5) is 23.0 Å². The summed E-state index contributed by atoms with van der Waals surface area (Å²) in [6, 6.07) is 19.9. The van der Waals surface area contributed by atoms with E-state index < -0.39 is 0 Å². The molecule has 2 heterocycles. The second-order valence-electron chi connectivity index (χ2n) is 6.25. The fourth-order valence-electron chi connectivity index (χ4n) is 2.85. The van der Waals surface area contributed by atoms with Crippen molar-refractivity contribution in [3.63, 3.8) is 0 Å². The predicted octanol–water partition coefficient (Wildman–Crippen LogP) is 4.70. The van der Waals surface area contributed by atoms with Gasteiger partial charge in [0.2, 0.25) is 0 Å². The number of aromatic nitrogens is 4. The molecule has 8 heteroatoms. The molecule has 0 saturated heterocycles. The number of nitrogens with zero attached hydrogens (tertiary/aromatic N) is 4. The fraction of sp³-hybridized carbons (Fsp3) is 0.182. The Morgan fingerprint density at radius 3 is 1.37 bits per heavy atom. The largest absolute Gasteiger partial charge is 0.464 e. The molecule has 0 spiro atoms. The molecule has 152 valence electrons. The topological polar surface area (TPSA) is 94.1 Å². The van der Waals surface area contributed by atoms with Gasteiger partial charge in [0, 0.05) is 11.4 Å². The summed E-state index contributed by atoms with van der Waals surface area (Å²) in [7, 11) is 0. The lowest BCUT2D eigenvalue weighted by molar-refractivity contribution is 0.311. The van der Waals surface area contributed by atoms with Crippen LogP contribution in [0.3, 0.4) is 0 Å². The van der Waals surface area contributed by atoms with E-state index in [-0.39, 0.29) is 12.0 Å². The number of para-hydroxylation sites is 2. The first-order valence-electron chi connectivity index (χ1n) is 9.76. The smallest absolute Gasteiger partial charge is 0.319 e. The van der Waals surface area contributed by atoms with Crippen molar-refractivity contribution < 1.29 is 9.47 Å². The van der Waals surface area contributed by atoms with E-state index in [1.807, 2.05) is 74.5 Å². The van der Waals surface area contributed by atoms with Crippen molar-refractivity contribution in [1.82, 2.24) is 19.9 Å². The molecule has 4 rings (SSSR count). The van der Waals surface area contributed by atoms with Crippen LogP contribution in [-0.4, -0.2) is 33.1 Å². The summed E-state index contributed by atoms with van der Waals surface area (Å²) in [6.45, 7) is 4.65. The Balaban J connectivity index is 1.88. The molecule has 0 aliphatic rings. The van der Waals surface area contributed by atoms with E-state index in [9.17, 15) is 0 Å². The first-order valence-corrected chi connectivity index (χ1v) is 9.76. The fourth-order valence-corrected chi connectivity index (χ4v) is 2.85. The van der Waals surface area contributed by atoms with Crippen LogP contribution >= 0.6 is 0 Å². The number of ether oxygens (including phenoxy) is 2.